The van der Waals surface area contributed by atoms with Gasteiger partial charge >= 0.3 is 6.18 Å². The number of carbonyl (C=O) groups is 2. The Hall–Kier alpha value is -3.11. The number of aromatic nitrogens is 2. The van der Waals surface area contributed by atoms with Crippen molar-refractivity contribution in [2.75, 3.05) is 49.1 Å². The van der Waals surface area contributed by atoms with Crippen molar-refractivity contribution in [3.8, 4) is 0 Å². The van der Waals surface area contributed by atoms with Crippen molar-refractivity contribution in [3.05, 3.63) is 35.3 Å². The van der Waals surface area contributed by atoms with Crippen LogP contribution in [-0.4, -0.2) is 65.8 Å². The Balaban J connectivity index is 1.20. The molecule has 1 saturated carbocycles. The van der Waals surface area contributed by atoms with Gasteiger partial charge in [-0.1, -0.05) is 18.9 Å². The van der Waals surface area contributed by atoms with Gasteiger partial charge in [0.05, 0.1) is 0 Å². The molecule has 0 bridgehead atoms. The Bertz CT molecular complexity index is 1140. The monoisotopic (exact) mass is 547 g/mol. The molecule has 0 spiro atoms. The van der Waals surface area contributed by atoms with E-state index in [9.17, 15) is 22.8 Å². The van der Waals surface area contributed by atoms with Crippen molar-refractivity contribution >= 4 is 23.5 Å². The molecule has 2 aromatic rings. The Morgan fingerprint density at radius 3 is 2.33 bits per heavy atom. The molecule has 0 N–H and O–H groups in total. The van der Waals surface area contributed by atoms with Gasteiger partial charge in [-0.15, -0.1) is 0 Å². The first-order valence-corrected chi connectivity index (χ1v) is 14.1. The maximum Gasteiger partial charge on any atom is 0.437 e. The normalized spacial score (nSPS) is 19.4. The molecular weight excluding hydrogens is 511 g/mol. The molecule has 3 fully saturated rings. The molecule has 11 heteroatoms. The number of halogens is 3. The fraction of sp³-hybridized carbons (Fsp3) is 0.643. The maximum absolute atomic E-state index is 13.7. The number of nitrogens with zero attached hydrogens (tertiary/aromatic N) is 5. The molecule has 1 aliphatic carbocycles. The predicted octanol–water partition coefficient (Wildman–Crippen LogP) is 5.12. The quantitative estimate of drug-likeness (QED) is 0.445. The summed E-state index contributed by atoms with van der Waals surface area (Å²) in [6, 6.07) is 3.35. The van der Waals surface area contributed by atoms with Crippen LogP contribution in [-0.2, 0) is 17.4 Å². The molecule has 2 aliphatic heterocycles. The van der Waals surface area contributed by atoms with Crippen LogP contribution in [0.4, 0.5) is 25.0 Å². The van der Waals surface area contributed by atoms with Gasteiger partial charge in [0.2, 0.25) is 17.5 Å². The van der Waals surface area contributed by atoms with E-state index in [0.29, 0.717) is 44.1 Å². The fourth-order valence-electron chi connectivity index (χ4n) is 5.87. The number of anilines is 2. The topological polar surface area (TPSA) is 82.8 Å². The SMILES string of the molecule is O=C(Cc1ccc(N2CCCN(C(=O)CC3CCCC3)CC2)nc1)c1oc(N2CCCCC2)nc1C(F)(F)F. The highest BCUT2D eigenvalue weighted by Crippen LogP contribution is 2.35. The molecule has 1 amide bonds. The van der Waals surface area contributed by atoms with Gasteiger partial charge in [0, 0.05) is 58.3 Å². The van der Waals surface area contributed by atoms with Crippen LogP contribution in [0.3, 0.4) is 0 Å². The van der Waals surface area contributed by atoms with Crippen molar-refractivity contribution < 1.29 is 27.2 Å². The van der Waals surface area contributed by atoms with Crippen molar-refractivity contribution in [3.63, 3.8) is 0 Å². The fourth-order valence-corrected chi connectivity index (χ4v) is 5.87. The highest BCUT2D eigenvalue weighted by Gasteiger charge is 2.41. The summed E-state index contributed by atoms with van der Waals surface area (Å²) in [5.74, 6) is -0.0471. The number of hydrogen-bond acceptors (Lipinski definition) is 7. The van der Waals surface area contributed by atoms with Crippen LogP contribution in [0.5, 0.6) is 0 Å². The number of rotatable bonds is 7. The Labute approximate surface area is 226 Å². The first kappa shape index (κ1) is 27.5. The first-order valence-electron chi connectivity index (χ1n) is 14.1. The number of amides is 1. The molecular formula is C28H36F3N5O3. The van der Waals surface area contributed by atoms with E-state index in [1.807, 2.05) is 4.90 Å². The number of Topliss-reactive ketones (excluding diaryl/α,β-unsaturated/α-hetero) is 1. The molecule has 0 unspecified atom stereocenters. The molecule has 5 rings (SSSR count). The van der Waals surface area contributed by atoms with E-state index in [1.165, 1.54) is 19.0 Å². The molecule has 8 nitrogen and oxygen atoms in total. The molecule has 2 saturated heterocycles. The minimum Gasteiger partial charge on any atom is -0.420 e. The summed E-state index contributed by atoms with van der Waals surface area (Å²) in [6.07, 6.45) is 5.39. The summed E-state index contributed by atoms with van der Waals surface area (Å²) in [6.45, 7) is 3.89. The second-order valence-electron chi connectivity index (χ2n) is 10.9. The average Bonchev–Trinajstić information content (AvgIpc) is 3.55. The van der Waals surface area contributed by atoms with Crippen LogP contribution in [0.1, 0.15) is 79.6 Å². The molecule has 2 aromatic heterocycles. The van der Waals surface area contributed by atoms with E-state index in [4.69, 9.17) is 4.42 Å². The van der Waals surface area contributed by atoms with Crippen LogP contribution in [0.2, 0.25) is 0 Å². The van der Waals surface area contributed by atoms with E-state index < -0.39 is 23.4 Å². The number of alkyl halides is 3. The lowest BCUT2D eigenvalue weighted by Gasteiger charge is -2.24. The standard InChI is InChI=1S/C28H36F3N5O3/c29-28(30,31)26-25(39-27(33-26)36-11-4-1-5-12-36)22(37)17-21-9-10-23(32-19-21)34-13-6-14-35(16-15-34)24(38)18-20-7-2-3-8-20/h9-10,19-20H,1-8,11-18H2. The van der Waals surface area contributed by atoms with Crippen molar-refractivity contribution in [1.29, 1.82) is 0 Å². The number of piperidine rings is 1. The van der Waals surface area contributed by atoms with Crippen LogP contribution in [0, 0.1) is 5.92 Å². The highest BCUT2D eigenvalue weighted by atomic mass is 19.4. The predicted molar refractivity (Wildman–Crippen MR) is 140 cm³/mol. The summed E-state index contributed by atoms with van der Waals surface area (Å²) in [5, 5.41) is 0. The van der Waals surface area contributed by atoms with E-state index in [-0.39, 0.29) is 18.3 Å². The number of carbonyl (C=O) groups excluding carboxylic acids is 2. The first-order chi connectivity index (χ1) is 18.8. The Kier molecular flexibility index (Phi) is 8.42. The smallest absolute Gasteiger partial charge is 0.420 e. The van der Waals surface area contributed by atoms with Crippen molar-refractivity contribution in [2.45, 2.75) is 70.4 Å². The number of ketones is 1. The van der Waals surface area contributed by atoms with Crippen molar-refractivity contribution in [1.82, 2.24) is 14.9 Å². The van der Waals surface area contributed by atoms with Gasteiger partial charge in [0.25, 0.3) is 6.01 Å². The highest BCUT2D eigenvalue weighted by molar-refractivity contribution is 5.96. The summed E-state index contributed by atoms with van der Waals surface area (Å²) in [5.41, 5.74) is -0.773. The summed E-state index contributed by atoms with van der Waals surface area (Å²) < 4.78 is 46.4. The molecule has 39 heavy (non-hydrogen) atoms. The zero-order chi connectivity index (χ0) is 27.4. The zero-order valence-corrected chi connectivity index (χ0v) is 22.2. The van der Waals surface area contributed by atoms with Gasteiger partial charge in [0.1, 0.15) is 5.82 Å². The number of pyridine rings is 1. The second-order valence-corrected chi connectivity index (χ2v) is 10.9. The van der Waals surface area contributed by atoms with Crippen LogP contribution in [0.25, 0.3) is 0 Å². The molecule has 212 valence electrons. The van der Waals surface area contributed by atoms with E-state index >= 15 is 0 Å². The molecule has 0 atom stereocenters. The summed E-state index contributed by atoms with van der Waals surface area (Å²) in [4.78, 5) is 39.6. The van der Waals surface area contributed by atoms with Gasteiger partial charge in [-0.25, -0.2) is 4.98 Å². The molecule has 0 aromatic carbocycles. The molecule has 0 radical (unpaired) electrons. The number of oxazole rings is 1. The Morgan fingerprint density at radius 2 is 1.64 bits per heavy atom. The maximum atomic E-state index is 13.7. The Morgan fingerprint density at radius 1 is 0.897 bits per heavy atom. The minimum atomic E-state index is -4.79. The third-order valence-corrected chi connectivity index (χ3v) is 8.05. The summed E-state index contributed by atoms with van der Waals surface area (Å²) >= 11 is 0. The van der Waals surface area contributed by atoms with Crippen molar-refractivity contribution in [2.24, 2.45) is 5.92 Å². The zero-order valence-electron chi connectivity index (χ0n) is 22.2. The third-order valence-electron chi connectivity index (χ3n) is 8.05. The number of hydrogen-bond donors (Lipinski definition) is 0. The largest absolute Gasteiger partial charge is 0.437 e. The van der Waals surface area contributed by atoms with Gasteiger partial charge in [-0.05, 0) is 56.1 Å². The van der Waals surface area contributed by atoms with Gasteiger partial charge in [0.15, 0.2) is 5.69 Å². The van der Waals surface area contributed by atoms with Crippen LogP contribution < -0.4 is 9.80 Å². The average molecular weight is 548 g/mol. The minimum absolute atomic E-state index is 0.143. The molecule has 3 aliphatic rings. The van der Waals surface area contributed by atoms with Crippen LogP contribution >= 0.6 is 0 Å². The second kappa shape index (κ2) is 12.0. The van der Waals surface area contributed by atoms with Gasteiger partial charge in [-0.2, -0.15) is 18.2 Å². The van der Waals surface area contributed by atoms with E-state index in [1.54, 1.807) is 17.0 Å². The molecule has 4 heterocycles. The van der Waals surface area contributed by atoms with Gasteiger partial charge < -0.3 is 19.1 Å². The van der Waals surface area contributed by atoms with Gasteiger partial charge in [-0.3, -0.25) is 9.59 Å². The lowest BCUT2D eigenvalue weighted by molar-refractivity contribution is -0.141. The van der Waals surface area contributed by atoms with E-state index in [0.717, 1.165) is 57.4 Å². The lowest BCUT2D eigenvalue weighted by Crippen LogP contribution is -2.36. The summed E-state index contributed by atoms with van der Waals surface area (Å²) in [7, 11) is 0. The van der Waals surface area contributed by atoms with Crippen LogP contribution in [0.15, 0.2) is 22.7 Å². The lowest BCUT2D eigenvalue weighted by atomic mass is 10.0. The third kappa shape index (κ3) is 6.73. The van der Waals surface area contributed by atoms with E-state index in [2.05, 4.69) is 14.9 Å².